The van der Waals surface area contributed by atoms with Crippen molar-refractivity contribution in [2.75, 3.05) is 0 Å². The highest BCUT2D eigenvalue weighted by atomic mass is 16.3. The Hall–Kier alpha value is -3.17. The number of benzene rings is 3. The summed E-state index contributed by atoms with van der Waals surface area (Å²) in [5.74, 6) is 0. The first-order chi connectivity index (χ1) is 13.2. The van der Waals surface area contributed by atoms with Crippen LogP contribution in [0.4, 0.5) is 0 Å². The van der Waals surface area contributed by atoms with Gasteiger partial charge in [-0.1, -0.05) is 91.0 Å². The molecule has 4 rings (SSSR count). The maximum atomic E-state index is 11.8. The van der Waals surface area contributed by atoms with Crippen LogP contribution in [0, 0.1) is 6.92 Å². The number of aliphatic hydroxyl groups excluding tert-OH is 1. The van der Waals surface area contributed by atoms with Crippen molar-refractivity contribution in [1.29, 1.82) is 0 Å². The topological polar surface area (TPSA) is 48.9 Å². The van der Waals surface area contributed by atoms with E-state index in [0.717, 1.165) is 22.4 Å². The molecule has 1 aromatic heterocycles. The smallest absolute Gasteiger partial charge is 0.115 e. The maximum Gasteiger partial charge on any atom is 0.115 e. The van der Waals surface area contributed by atoms with Gasteiger partial charge in [0.15, 0.2) is 0 Å². The summed E-state index contributed by atoms with van der Waals surface area (Å²) in [7, 11) is 0. The summed E-state index contributed by atoms with van der Waals surface area (Å²) in [6, 6.07) is 30.5. The average molecular weight is 354 g/mol. The third-order valence-corrected chi connectivity index (χ3v) is 5.23. The minimum absolute atomic E-state index is 0.659. The number of rotatable bonds is 5. The second-order valence-corrected chi connectivity index (χ2v) is 6.72. The first kappa shape index (κ1) is 17.3. The van der Waals surface area contributed by atoms with Gasteiger partial charge in [0.25, 0.3) is 0 Å². The molecule has 0 saturated heterocycles. The standard InChI is InChI=1S/C24H22N2O/c1-18-22(26-17-25-18)23(27)24(19-11-5-2-6-12-19,20-13-7-3-8-14-20)21-15-9-4-10-16-21/h2-17,23,27H,1H3,(H,25,26). The Balaban J connectivity index is 2.08. The van der Waals surface area contributed by atoms with Gasteiger partial charge in [0.2, 0.25) is 0 Å². The van der Waals surface area contributed by atoms with E-state index in [1.54, 1.807) is 6.33 Å². The van der Waals surface area contributed by atoms with E-state index in [1.165, 1.54) is 0 Å². The van der Waals surface area contributed by atoms with Crippen LogP contribution in [-0.2, 0) is 5.41 Å². The fourth-order valence-electron chi connectivity index (χ4n) is 3.93. The quantitative estimate of drug-likeness (QED) is 0.507. The lowest BCUT2D eigenvalue weighted by Gasteiger charge is -2.39. The highest BCUT2D eigenvalue weighted by molar-refractivity contribution is 5.53. The molecule has 4 aromatic rings. The zero-order valence-electron chi connectivity index (χ0n) is 15.2. The molecule has 1 atom stereocenters. The van der Waals surface area contributed by atoms with Crippen LogP contribution in [0.25, 0.3) is 0 Å². The molecule has 3 heteroatoms. The van der Waals surface area contributed by atoms with E-state index in [0.29, 0.717) is 5.69 Å². The maximum absolute atomic E-state index is 11.8. The fraction of sp³-hybridized carbons (Fsp3) is 0.125. The Kier molecular flexibility index (Phi) is 4.61. The van der Waals surface area contributed by atoms with Crippen molar-refractivity contribution in [3.63, 3.8) is 0 Å². The van der Waals surface area contributed by atoms with Crippen molar-refractivity contribution >= 4 is 0 Å². The number of nitrogens with zero attached hydrogens (tertiary/aromatic N) is 1. The van der Waals surface area contributed by atoms with Gasteiger partial charge in [-0.25, -0.2) is 4.98 Å². The molecule has 0 amide bonds. The summed E-state index contributed by atoms with van der Waals surface area (Å²) in [5, 5.41) is 11.8. The number of H-pyrrole nitrogens is 1. The van der Waals surface area contributed by atoms with Gasteiger partial charge in [-0.15, -0.1) is 0 Å². The third-order valence-electron chi connectivity index (χ3n) is 5.23. The number of aliphatic hydroxyl groups is 1. The van der Waals surface area contributed by atoms with Crippen LogP contribution in [0.1, 0.15) is 34.2 Å². The lowest BCUT2D eigenvalue weighted by atomic mass is 9.65. The second-order valence-electron chi connectivity index (χ2n) is 6.72. The van der Waals surface area contributed by atoms with Gasteiger partial charge in [-0.3, -0.25) is 0 Å². The number of imidazole rings is 1. The van der Waals surface area contributed by atoms with E-state index >= 15 is 0 Å². The lowest BCUT2D eigenvalue weighted by Crippen LogP contribution is -2.37. The summed E-state index contributed by atoms with van der Waals surface area (Å²) < 4.78 is 0. The molecule has 3 nitrogen and oxygen atoms in total. The number of hydrogen-bond donors (Lipinski definition) is 2. The largest absolute Gasteiger partial charge is 0.385 e. The van der Waals surface area contributed by atoms with Crippen LogP contribution >= 0.6 is 0 Å². The number of hydrogen-bond acceptors (Lipinski definition) is 2. The Morgan fingerprint density at radius 2 is 1.15 bits per heavy atom. The van der Waals surface area contributed by atoms with E-state index in [4.69, 9.17) is 0 Å². The number of nitrogens with one attached hydrogen (secondary N) is 1. The van der Waals surface area contributed by atoms with E-state index < -0.39 is 11.5 Å². The van der Waals surface area contributed by atoms with Crippen molar-refractivity contribution in [2.24, 2.45) is 0 Å². The summed E-state index contributed by atoms with van der Waals surface area (Å²) in [6.45, 7) is 1.94. The molecule has 0 aliphatic heterocycles. The highest BCUT2D eigenvalue weighted by Crippen LogP contribution is 2.48. The summed E-state index contributed by atoms with van der Waals surface area (Å²) in [5.41, 5.74) is 3.83. The molecule has 0 bridgehead atoms. The normalized spacial score (nSPS) is 12.7. The molecule has 134 valence electrons. The van der Waals surface area contributed by atoms with Crippen molar-refractivity contribution in [1.82, 2.24) is 9.97 Å². The summed E-state index contributed by atoms with van der Waals surface area (Å²) in [6.07, 6.45) is 0.788. The van der Waals surface area contributed by atoms with Gasteiger partial charge >= 0.3 is 0 Å². The minimum Gasteiger partial charge on any atom is -0.385 e. The Morgan fingerprint density at radius 1 is 0.741 bits per heavy atom. The Morgan fingerprint density at radius 3 is 1.48 bits per heavy atom. The van der Waals surface area contributed by atoms with Gasteiger partial charge in [0.05, 0.1) is 17.4 Å². The average Bonchev–Trinajstić information content (AvgIpc) is 3.17. The summed E-state index contributed by atoms with van der Waals surface area (Å²) >= 11 is 0. The van der Waals surface area contributed by atoms with E-state index in [9.17, 15) is 5.11 Å². The monoisotopic (exact) mass is 354 g/mol. The van der Waals surface area contributed by atoms with Crippen LogP contribution in [0.15, 0.2) is 97.3 Å². The molecule has 0 aliphatic carbocycles. The molecular weight excluding hydrogens is 332 g/mol. The molecule has 0 fully saturated rings. The predicted molar refractivity (Wildman–Crippen MR) is 107 cm³/mol. The molecule has 2 N–H and O–H groups in total. The van der Waals surface area contributed by atoms with Gasteiger partial charge in [0, 0.05) is 5.69 Å². The van der Waals surface area contributed by atoms with Crippen LogP contribution in [0.2, 0.25) is 0 Å². The van der Waals surface area contributed by atoms with Crippen LogP contribution in [-0.4, -0.2) is 15.1 Å². The van der Waals surface area contributed by atoms with Crippen molar-refractivity contribution in [3.05, 3.63) is 125 Å². The Labute approximate surface area is 159 Å². The number of aromatic nitrogens is 2. The first-order valence-electron chi connectivity index (χ1n) is 9.09. The van der Waals surface area contributed by atoms with Crippen LogP contribution in [0.3, 0.4) is 0 Å². The van der Waals surface area contributed by atoms with Crippen LogP contribution < -0.4 is 0 Å². The minimum atomic E-state index is -0.851. The predicted octanol–water partition coefficient (Wildman–Crippen LogP) is 4.79. The number of aryl methyl sites for hydroxylation is 1. The van der Waals surface area contributed by atoms with Crippen molar-refractivity contribution < 1.29 is 5.11 Å². The van der Waals surface area contributed by atoms with Gasteiger partial charge in [0.1, 0.15) is 6.10 Å². The molecule has 0 spiro atoms. The first-order valence-corrected chi connectivity index (χ1v) is 9.09. The van der Waals surface area contributed by atoms with Gasteiger partial charge in [-0.05, 0) is 23.6 Å². The third kappa shape index (κ3) is 2.86. The highest BCUT2D eigenvalue weighted by Gasteiger charge is 2.45. The summed E-state index contributed by atoms with van der Waals surface area (Å²) in [4.78, 5) is 7.56. The molecule has 3 aromatic carbocycles. The van der Waals surface area contributed by atoms with Crippen molar-refractivity contribution in [3.8, 4) is 0 Å². The zero-order chi connectivity index (χ0) is 18.7. The SMILES string of the molecule is Cc1[nH]cnc1C(O)C(c1ccccc1)(c1ccccc1)c1ccccc1. The molecule has 0 radical (unpaired) electrons. The second kappa shape index (κ2) is 7.22. The molecule has 1 heterocycles. The molecular formula is C24H22N2O. The molecule has 1 unspecified atom stereocenters. The molecule has 27 heavy (non-hydrogen) atoms. The fourth-order valence-corrected chi connectivity index (χ4v) is 3.93. The number of aromatic amines is 1. The molecule has 0 aliphatic rings. The Bertz CT molecular complexity index is 898. The zero-order valence-corrected chi connectivity index (χ0v) is 15.2. The lowest BCUT2D eigenvalue weighted by molar-refractivity contribution is 0.118. The van der Waals surface area contributed by atoms with Crippen molar-refractivity contribution in [2.45, 2.75) is 18.4 Å². The van der Waals surface area contributed by atoms with E-state index in [2.05, 4.69) is 46.4 Å². The van der Waals surface area contributed by atoms with E-state index in [1.807, 2.05) is 61.5 Å². The van der Waals surface area contributed by atoms with E-state index in [-0.39, 0.29) is 0 Å². The van der Waals surface area contributed by atoms with Crippen LogP contribution in [0.5, 0.6) is 0 Å². The molecule has 0 saturated carbocycles. The van der Waals surface area contributed by atoms with Gasteiger partial charge in [-0.2, -0.15) is 0 Å². The van der Waals surface area contributed by atoms with Gasteiger partial charge < -0.3 is 10.1 Å².